The topological polar surface area (TPSA) is 91.6 Å². The first-order valence-electron chi connectivity index (χ1n) is 8.41. The van der Waals surface area contributed by atoms with E-state index in [0.29, 0.717) is 44.2 Å². The van der Waals surface area contributed by atoms with E-state index in [4.69, 9.17) is 4.52 Å². The van der Waals surface area contributed by atoms with E-state index in [2.05, 4.69) is 20.4 Å². The SMILES string of the molecule is CNC(=O)C1CN(C)CCN(C(=O)CCc2nc(C(C)C)no2)C1. The van der Waals surface area contributed by atoms with Gasteiger partial charge in [0.15, 0.2) is 5.82 Å². The Kier molecular flexibility index (Phi) is 6.30. The minimum atomic E-state index is -0.206. The zero-order valence-corrected chi connectivity index (χ0v) is 14.9. The second-order valence-corrected chi connectivity index (χ2v) is 6.61. The van der Waals surface area contributed by atoms with Crippen molar-refractivity contribution in [1.29, 1.82) is 0 Å². The number of aryl methyl sites for hydroxylation is 1. The van der Waals surface area contributed by atoms with Crippen molar-refractivity contribution in [2.75, 3.05) is 40.3 Å². The first-order valence-corrected chi connectivity index (χ1v) is 8.41. The summed E-state index contributed by atoms with van der Waals surface area (Å²) in [5.41, 5.74) is 0. The quantitative estimate of drug-likeness (QED) is 0.829. The third kappa shape index (κ3) is 4.77. The molecule has 8 nitrogen and oxygen atoms in total. The van der Waals surface area contributed by atoms with Crippen LogP contribution in [0.4, 0.5) is 0 Å². The Bertz CT molecular complexity index is 572. The molecule has 1 saturated heterocycles. The number of hydrogen-bond donors (Lipinski definition) is 1. The Morgan fingerprint density at radius 2 is 2.08 bits per heavy atom. The van der Waals surface area contributed by atoms with Crippen molar-refractivity contribution in [2.45, 2.75) is 32.6 Å². The van der Waals surface area contributed by atoms with Crippen LogP contribution in [0.15, 0.2) is 4.52 Å². The minimum Gasteiger partial charge on any atom is -0.359 e. The van der Waals surface area contributed by atoms with Crippen molar-refractivity contribution in [3.05, 3.63) is 11.7 Å². The van der Waals surface area contributed by atoms with Gasteiger partial charge in [-0.25, -0.2) is 0 Å². The number of nitrogens with one attached hydrogen (secondary N) is 1. The number of likely N-dealkylation sites (N-methyl/N-ethyl adjacent to an activating group) is 1. The van der Waals surface area contributed by atoms with E-state index < -0.39 is 0 Å². The third-order valence-electron chi connectivity index (χ3n) is 4.25. The molecule has 1 atom stereocenters. The summed E-state index contributed by atoms with van der Waals surface area (Å²) < 4.78 is 5.18. The average molecular weight is 337 g/mol. The Morgan fingerprint density at radius 1 is 1.33 bits per heavy atom. The summed E-state index contributed by atoms with van der Waals surface area (Å²) in [5.74, 6) is 1.13. The van der Waals surface area contributed by atoms with E-state index in [-0.39, 0.29) is 23.7 Å². The summed E-state index contributed by atoms with van der Waals surface area (Å²) in [7, 11) is 3.59. The van der Waals surface area contributed by atoms with Gasteiger partial charge in [-0.2, -0.15) is 4.98 Å². The molecule has 1 aromatic heterocycles. The van der Waals surface area contributed by atoms with E-state index in [1.807, 2.05) is 20.9 Å². The first kappa shape index (κ1) is 18.4. The van der Waals surface area contributed by atoms with Gasteiger partial charge >= 0.3 is 0 Å². The summed E-state index contributed by atoms with van der Waals surface area (Å²) in [6, 6.07) is 0. The largest absolute Gasteiger partial charge is 0.359 e. The number of nitrogens with zero attached hydrogens (tertiary/aromatic N) is 4. The van der Waals surface area contributed by atoms with Gasteiger partial charge in [-0.3, -0.25) is 9.59 Å². The lowest BCUT2D eigenvalue weighted by molar-refractivity contribution is -0.132. The van der Waals surface area contributed by atoms with Crippen LogP contribution in [0.5, 0.6) is 0 Å². The predicted octanol–water partition coefficient (Wildman–Crippen LogP) is 0.262. The van der Waals surface area contributed by atoms with Crippen molar-refractivity contribution >= 4 is 11.8 Å². The molecule has 1 N–H and O–H groups in total. The molecule has 1 fully saturated rings. The van der Waals surface area contributed by atoms with Crippen LogP contribution in [-0.2, 0) is 16.0 Å². The van der Waals surface area contributed by atoms with E-state index in [1.54, 1.807) is 11.9 Å². The molecule has 2 rings (SSSR count). The van der Waals surface area contributed by atoms with Gasteiger partial charge < -0.3 is 19.6 Å². The molecule has 1 aromatic rings. The molecule has 0 saturated carbocycles. The van der Waals surface area contributed by atoms with Crippen LogP contribution in [0.25, 0.3) is 0 Å². The smallest absolute Gasteiger partial charge is 0.227 e. The molecule has 0 aromatic carbocycles. The number of hydrogen-bond acceptors (Lipinski definition) is 6. The van der Waals surface area contributed by atoms with E-state index in [1.165, 1.54) is 0 Å². The Morgan fingerprint density at radius 3 is 2.71 bits per heavy atom. The number of aromatic nitrogens is 2. The maximum atomic E-state index is 12.5. The highest BCUT2D eigenvalue weighted by Crippen LogP contribution is 2.13. The van der Waals surface area contributed by atoms with Crippen molar-refractivity contribution < 1.29 is 14.1 Å². The summed E-state index contributed by atoms with van der Waals surface area (Å²) >= 11 is 0. The molecule has 8 heteroatoms. The predicted molar refractivity (Wildman–Crippen MR) is 88.3 cm³/mol. The Labute approximate surface area is 142 Å². The van der Waals surface area contributed by atoms with Gasteiger partial charge in [-0.05, 0) is 7.05 Å². The molecule has 0 aliphatic carbocycles. The fourth-order valence-corrected chi connectivity index (χ4v) is 2.75. The van der Waals surface area contributed by atoms with Crippen molar-refractivity contribution in [3.63, 3.8) is 0 Å². The van der Waals surface area contributed by atoms with E-state index in [0.717, 1.165) is 6.54 Å². The molecule has 1 unspecified atom stereocenters. The summed E-state index contributed by atoms with van der Waals surface area (Å²) in [4.78, 5) is 32.6. The van der Waals surface area contributed by atoms with Crippen LogP contribution in [0, 0.1) is 5.92 Å². The van der Waals surface area contributed by atoms with E-state index >= 15 is 0 Å². The molecule has 134 valence electrons. The second kappa shape index (κ2) is 8.23. The normalized spacial score (nSPS) is 19.4. The summed E-state index contributed by atoms with van der Waals surface area (Å²) in [6.45, 7) is 6.48. The van der Waals surface area contributed by atoms with E-state index in [9.17, 15) is 9.59 Å². The van der Waals surface area contributed by atoms with Crippen LogP contribution in [0.2, 0.25) is 0 Å². The Balaban J connectivity index is 1.93. The maximum Gasteiger partial charge on any atom is 0.227 e. The van der Waals surface area contributed by atoms with Gasteiger partial charge in [-0.1, -0.05) is 19.0 Å². The van der Waals surface area contributed by atoms with Gasteiger partial charge in [0.25, 0.3) is 0 Å². The standard InChI is InChI=1S/C16H27N5O3/c1-11(2)15-18-13(24-19-15)5-6-14(22)21-8-7-20(4)9-12(10-21)16(23)17-3/h11-12H,5-10H2,1-4H3,(H,17,23). The van der Waals surface area contributed by atoms with Gasteiger partial charge in [0.05, 0.1) is 5.92 Å². The lowest BCUT2D eigenvalue weighted by atomic mass is 10.1. The van der Waals surface area contributed by atoms with Crippen LogP contribution in [-0.4, -0.2) is 72.0 Å². The first-order chi connectivity index (χ1) is 11.4. The minimum absolute atomic E-state index is 0.0171. The van der Waals surface area contributed by atoms with Crippen LogP contribution in [0.1, 0.15) is 37.9 Å². The van der Waals surface area contributed by atoms with Crippen LogP contribution < -0.4 is 5.32 Å². The number of carbonyl (C=O) groups excluding carboxylic acids is 2. The molecular formula is C16H27N5O3. The summed E-state index contributed by atoms with van der Waals surface area (Å²) in [6.07, 6.45) is 0.736. The summed E-state index contributed by atoms with van der Waals surface area (Å²) in [5, 5.41) is 6.58. The van der Waals surface area contributed by atoms with Crippen molar-refractivity contribution in [1.82, 2.24) is 25.3 Å². The van der Waals surface area contributed by atoms with Crippen LogP contribution in [0.3, 0.4) is 0 Å². The average Bonchev–Trinajstić information content (AvgIpc) is 2.95. The van der Waals surface area contributed by atoms with Gasteiger partial charge in [0, 0.05) is 52.0 Å². The van der Waals surface area contributed by atoms with Gasteiger partial charge in [0.2, 0.25) is 17.7 Å². The maximum absolute atomic E-state index is 12.5. The monoisotopic (exact) mass is 337 g/mol. The molecule has 1 aliphatic rings. The lowest BCUT2D eigenvalue weighted by Crippen LogP contribution is -2.41. The number of rotatable bonds is 5. The number of carbonyl (C=O) groups is 2. The molecule has 1 aliphatic heterocycles. The zero-order valence-electron chi connectivity index (χ0n) is 14.9. The van der Waals surface area contributed by atoms with Crippen molar-refractivity contribution in [3.8, 4) is 0 Å². The lowest BCUT2D eigenvalue weighted by Gasteiger charge is -2.23. The molecule has 24 heavy (non-hydrogen) atoms. The zero-order chi connectivity index (χ0) is 17.7. The third-order valence-corrected chi connectivity index (χ3v) is 4.25. The highest BCUT2D eigenvalue weighted by molar-refractivity contribution is 5.81. The molecule has 0 bridgehead atoms. The number of amides is 2. The molecular weight excluding hydrogens is 310 g/mol. The van der Waals surface area contributed by atoms with Gasteiger partial charge in [-0.15, -0.1) is 0 Å². The fraction of sp³-hybridized carbons (Fsp3) is 0.750. The van der Waals surface area contributed by atoms with Crippen molar-refractivity contribution in [2.24, 2.45) is 5.92 Å². The molecule has 2 amide bonds. The highest BCUT2D eigenvalue weighted by atomic mass is 16.5. The second-order valence-electron chi connectivity index (χ2n) is 6.61. The molecule has 2 heterocycles. The molecule has 0 radical (unpaired) electrons. The highest BCUT2D eigenvalue weighted by Gasteiger charge is 2.28. The van der Waals surface area contributed by atoms with Crippen LogP contribution >= 0.6 is 0 Å². The Hall–Kier alpha value is -1.96. The fourth-order valence-electron chi connectivity index (χ4n) is 2.75. The molecule has 0 spiro atoms. The van der Waals surface area contributed by atoms with Gasteiger partial charge in [0.1, 0.15) is 0 Å².